The fourth-order valence-electron chi connectivity index (χ4n) is 4.97. The van der Waals surface area contributed by atoms with Crippen molar-refractivity contribution in [1.82, 2.24) is 29.1 Å². The highest BCUT2D eigenvalue weighted by Gasteiger charge is 2.51. The van der Waals surface area contributed by atoms with Gasteiger partial charge in [-0.15, -0.1) is 0 Å². The molecule has 2 saturated heterocycles. The zero-order valence-corrected chi connectivity index (χ0v) is 27.5. The number of ether oxygens (including phenoxy) is 4. The normalized spacial score (nSPS) is 27.7. The van der Waals surface area contributed by atoms with Gasteiger partial charge in [-0.25, -0.2) is 24.3 Å². The number of aromatic nitrogens is 6. The first-order valence-electron chi connectivity index (χ1n) is 14.4. The molecule has 2 fully saturated rings. The van der Waals surface area contributed by atoms with Crippen LogP contribution >= 0.6 is 18.2 Å². The number of nitrogens with one attached hydrogen (secondary N) is 1. The van der Waals surface area contributed by atoms with E-state index in [-0.39, 0.29) is 12.2 Å². The second kappa shape index (κ2) is 14.1. The van der Waals surface area contributed by atoms with Crippen LogP contribution < -0.4 is 17.0 Å². The molecular formula is C26H36N7O12PS. The number of aliphatic hydroxyl groups excluding tert-OH is 2. The van der Waals surface area contributed by atoms with E-state index in [2.05, 4.69) is 19.9 Å². The zero-order chi connectivity index (χ0) is 34.1. The molecule has 2 aliphatic rings. The minimum absolute atomic E-state index is 0.106. The van der Waals surface area contributed by atoms with Crippen LogP contribution in [0.25, 0.3) is 11.2 Å². The molecule has 0 bridgehead atoms. The van der Waals surface area contributed by atoms with Gasteiger partial charge in [0.15, 0.2) is 17.7 Å². The fraction of sp³-hybridized carbons (Fsp3) is 0.615. The Morgan fingerprint density at radius 1 is 1.19 bits per heavy atom. The van der Waals surface area contributed by atoms with Crippen LogP contribution in [0, 0.1) is 5.41 Å². The Balaban J connectivity index is 1.35. The van der Waals surface area contributed by atoms with Crippen LogP contribution in [0.15, 0.2) is 34.5 Å². The summed E-state index contributed by atoms with van der Waals surface area (Å²) < 4.78 is 51.4. The van der Waals surface area contributed by atoms with Gasteiger partial charge in [0, 0.05) is 37.2 Å². The molecule has 6 unspecified atom stereocenters. The second-order valence-corrected chi connectivity index (χ2v) is 15.7. The first kappa shape index (κ1) is 35.1. The molecule has 2 aliphatic heterocycles. The summed E-state index contributed by atoms with van der Waals surface area (Å²) in [6.45, 7) is -0.471. The van der Waals surface area contributed by atoms with E-state index in [0.29, 0.717) is 22.5 Å². The highest BCUT2D eigenvalue weighted by Crippen LogP contribution is 2.63. The van der Waals surface area contributed by atoms with Crippen molar-refractivity contribution < 1.29 is 47.6 Å². The molecule has 47 heavy (non-hydrogen) atoms. The van der Waals surface area contributed by atoms with Gasteiger partial charge >= 0.3 is 18.5 Å². The summed E-state index contributed by atoms with van der Waals surface area (Å²) in [5, 5.41) is 21.0. The van der Waals surface area contributed by atoms with Crippen molar-refractivity contribution in [3.05, 3.63) is 45.8 Å². The van der Waals surface area contributed by atoms with Crippen LogP contribution in [0.3, 0.4) is 0 Å². The van der Waals surface area contributed by atoms with Crippen molar-refractivity contribution in [2.75, 3.05) is 32.0 Å². The molecular weight excluding hydrogens is 665 g/mol. The lowest BCUT2D eigenvalue weighted by Crippen LogP contribution is -2.39. The van der Waals surface area contributed by atoms with Gasteiger partial charge in [-0.05, 0) is 20.8 Å². The van der Waals surface area contributed by atoms with Crippen LogP contribution in [0.1, 0.15) is 39.6 Å². The molecule has 0 spiro atoms. The second-order valence-electron chi connectivity index (χ2n) is 11.7. The maximum atomic E-state index is 14.3. The number of fused-ring (bicyclic) bond motifs is 1. The average Bonchev–Trinajstić information content (AvgIpc) is 3.70. The quantitative estimate of drug-likeness (QED) is 0.112. The third-order valence-electron chi connectivity index (χ3n) is 7.43. The number of nitrogen functional groups attached to an aromatic ring is 1. The van der Waals surface area contributed by atoms with Gasteiger partial charge in [0.25, 0.3) is 5.56 Å². The van der Waals surface area contributed by atoms with Crippen molar-refractivity contribution in [2.45, 2.75) is 70.2 Å². The molecule has 258 valence electrons. The van der Waals surface area contributed by atoms with Gasteiger partial charge in [-0.2, -0.15) is 0 Å². The SMILES string of the molecule is COC1C(OP(=O)(OCC2O[C@@H](n3cnc4c(N)ncnc43)C[C@H]2O)SCOC(=O)C(C)(C)C)C(CO)OC1n1ccc(=O)[nH]c1=O. The highest BCUT2D eigenvalue weighted by atomic mass is 32.7. The summed E-state index contributed by atoms with van der Waals surface area (Å²) in [6, 6.07) is 1.10. The van der Waals surface area contributed by atoms with Crippen LogP contribution in [0.5, 0.6) is 0 Å². The molecule has 3 aromatic rings. The van der Waals surface area contributed by atoms with Gasteiger partial charge < -0.3 is 34.9 Å². The standard InChI is InChI=1S/C26H36N7O12PS/c1-26(2,3)24(37)41-12-47-46(39,45-19-14(8-34)44-23(20(19)40-4)32-6-5-16(36)31-25(32)38)42-9-15-13(35)7-17(43-15)33-11-30-18-21(27)28-10-29-22(18)33/h5-6,10-11,13-15,17,19-20,23,34-35H,7-9,12H2,1-4H3,(H2,27,28,29)(H,31,36,38)/t13-,14?,15?,17-,19?,20?,23?,46?/m1/s1. The predicted octanol–water partition coefficient (Wildman–Crippen LogP) is 0.302. The molecule has 5 rings (SSSR count). The fourth-order valence-corrected chi connectivity index (χ4v) is 7.77. The molecule has 0 saturated carbocycles. The van der Waals surface area contributed by atoms with Crippen LogP contribution in [0.2, 0.25) is 0 Å². The molecule has 0 aliphatic carbocycles. The van der Waals surface area contributed by atoms with Crippen LogP contribution in [0.4, 0.5) is 5.82 Å². The summed E-state index contributed by atoms with van der Waals surface area (Å²) in [7, 11) is 1.29. The summed E-state index contributed by atoms with van der Waals surface area (Å²) in [6.07, 6.45) is -3.56. The Morgan fingerprint density at radius 2 is 1.96 bits per heavy atom. The number of hydrogen-bond acceptors (Lipinski definition) is 17. The monoisotopic (exact) mass is 701 g/mol. The number of rotatable bonds is 12. The summed E-state index contributed by atoms with van der Waals surface area (Å²) in [5.74, 6) is -0.839. The molecule has 19 nitrogen and oxygen atoms in total. The van der Waals surface area contributed by atoms with E-state index in [0.717, 1.165) is 10.6 Å². The number of hydrogen-bond donors (Lipinski definition) is 4. The number of imidazole rings is 1. The number of carbonyl (C=O) groups is 1. The Labute approximate surface area is 271 Å². The summed E-state index contributed by atoms with van der Waals surface area (Å²) in [4.78, 5) is 51.0. The molecule has 0 radical (unpaired) electrons. The Morgan fingerprint density at radius 3 is 2.64 bits per heavy atom. The summed E-state index contributed by atoms with van der Waals surface area (Å²) in [5.41, 5.74) is 4.33. The number of H-pyrrole nitrogens is 1. The Bertz CT molecular complexity index is 1740. The number of nitrogens with zero attached hydrogens (tertiary/aromatic N) is 5. The lowest BCUT2D eigenvalue weighted by Gasteiger charge is -2.28. The largest absolute Gasteiger partial charge is 0.454 e. The smallest absolute Gasteiger partial charge is 0.392 e. The van der Waals surface area contributed by atoms with Crippen molar-refractivity contribution in [2.24, 2.45) is 5.41 Å². The van der Waals surface area contributed by atoms with Crippen molar-refractivity contribution >= 4 is 41.1 Å². The van der Waals surface area contributed by atoms with E-state index in [4.69, 9.17) is 33.7 Å². The predicted molar refractivity (Wildman–Crippen MR) is 164 cm³/mol. The number of carbonyl (C=O) groups excluding carboxylic acids is 1. The molecule has 0 amide bonds. The maximum Gasteiger partial charge on any atom is 0.392 e. The van der Waals surface area contributed by atoms with Crippen molar-refractivity contribution in [3.8, 4) is 0 Å². The third kappa shape index (κ3) is 7.60. The number of aliphatic hydroxyl groups is 2. The van der Waals surface area contributed by atoms with E-state index in [1.807, 2.05) is 0 Å². The van der Waals surface area contributed by atoms with E-state index >= 15 is 0 Å². The molecule has 21 heteroatoms. The molecule has 0 aromatic carbocycles. The van der Waals surface area contributed by atoms with Crippen LogP contribution in [-0.4, -0.2) is 102 Å². The van der Waals surface area contributed by atoms with E-state index in [9.17, 15) is 29.2 Å². The lowest BCUT2D eigenvalue weighted by molar-refractivity contribution is -0.150. The molecule has 8 atom stereocenters. The lowest BCUT2D eigenvalue weighted by atomic mass is 9.98. The average molecular weight is 702 g/mol. The summed E-state index contributed by atoms with van der Waals surface area (Å²) >= 11 is 0.545. The topological polar surface area (TPSA) is 254 Å². The molecule has 3 aromatic heterocycles. The minimum Gasteiger partial charge on any atom is -0.454 e. The van der Waals surface area contributed by atoms with Crippen molar-refractivity contribution in [3.63, 3.8) is 0 Å². The first-order valence-corrected chi connectivity index (χ1v) is 17.5. The molecule has 5 heterocycles. The minimum atomic E-state index is -4.34. The Hall–Kier alpha value is -3.20. The zero-order valence-electron chi connectivity index (χ0n) is 25.8. The number of methoxy groups -OCH3 is 1. The van der Waals surface area contributed by atoms with Gasteiger partial charge in [0.1, 0.15) is 48.4 Å². The Kier molecular flexibility index (Phi) is 10.5. The number of aromatic amines is 1. The molecule has 5 N–H and O–H groups in total. The van der Waals surface area contributed by atoms with E-state index in [1.54, 1.807) is 25.3 Å². The van der Waals surface area contributed by atoms with Crippen LogP contribution in [-0.2, 0) is 37.4 Å². The van der Waals surface area contributed by atoms with Gasteiger partial charge in [0.05, 0.1) is 31.1 Å². The third-order valence-corrected chi connectivity index (χ3v) is 10.8. The van der Waals surface area contributed by atoms with E-state index < -0.39 is 91.6 Å². The van der Waals surface area contributed by atoms with Crippen molar-refractivity contribution in [1.29, 1.82) is 0 Å². The highest BCUT2D eigenvalue weighted by molar-refractivity contribution is 8.55. The number of anilines is 1. The maximum absolute atomic E-state index is 14.3. The van der Waals surface area contributed by atoms with Gasteiger partial charge in [-0.1, -0.05) is 0 Å². The van der Waals surface area contributed by atoms with E-state index in [1.165, 1.54) is 26.0 Å². The number of nitrogens with two attached hydrogens (primary N) is 1. The number of esters is 1. The van der Waals surface area contributed by atoms with Gasteiger partial charge in [-0.3, -0.25) is 32.8 Å². The van der Waals surface area contributed by atoms with Gasteiger partial charge in [0.2, 0.25) is 0 Å². The first-order chi connectivity index (χ1) is 22.2.